The summed E-state index contributed by atoms with van der Waals surface area (Å²) in [6, 6.07) is 2.14. The molecule has 2 heterocycles. The van der Waals surface area contributed by atoms with Crippen LogP contribution >= 0.6 is 0 Å². The fourth-order valence-electron chi connectivity index (χ4n) is 2.90. The van der Waals surface area contributed by atoms with E-state index in [1.165, 1.54) is 23.2 Å². The molecule has 0 radical (unpaired) electrons. The molecule has 1 aliphatic heterocycles. The smallest absolute Gasteiger partial charge is 0.254 e. The number of sulfone groups is 1. The Kier molecular flexibility index (Phi) is 3.01. The van der Waals surface area contributed by atoms with Crippen LogP contribution in [0.25, 0.3) is 0 Å². The number of pyridine rings is 1. The van der Waals surface area contributed by atoms with E-state index in [4.69, 9.17) is 5.73 Å². The molecule has 2 fully saturated rings. The second-order valence-corrected chi connectivity index (χ2v) is 7.55. The summed E-state index contributed by atoms with van der Waals surface area (Å²) < 4.78 is 23.0. The Morgan fingerprint density at radius 3 is 2.71 bits per heavy atom. The number of carbonyl (C=O) groups excluding carboxylic acids is 2. The number of fused-ring (bicyclic) bond motifs is 1. The predicted molar refractivity (Wildman–Crippen MR) is 73.0 cm³/mol. The van der Waals surface area contributed by atoms with Crippen molar-refractivity contribution >= 4 is 21.7 Å². The lowest BCUT2D eigenvalue weighted by molar-refractivity contribution is -0.122. The number of aromatic nitrogens is 1. The summed E-state index contributed by atoms with van der Waals surface area (Å²) in [5, 5.41) is -0.157. The average molecular weight is 309 g/mol. The van der Waals surface area contributed by atoms with E-state index in [2.05, 4.69) is 4.98 Å². The minimum Gasteiger partial charge on any atom is -0.368 e. The third-order valence-corrected chi connectivity index (χ3v) is 5.01. The van der Waals surface area contributed by atoms with Crippen molar-refractivity contribution in [3.05, 3.63) is 23.9 Å². The maximum atomic E-state index is 12.6. The van der Waals surface area contributed by atoms with Crippen molar-refractivity contribution in [3.8, 4) is 0 Å². The van der Waals surface area contributed by atoms with Crippen LogP contribution in [0.3, 0.4) is 0 Å². The van der Waals surface area contributed by atoms with E-state index in [9.17, 15) is 18.0 Å². The van der Waals surface area contributed by atoms with E-state index in [0.29, 0.717) is 12.3 Å². The first-order valence-corrected chi connectivity index (χ1v) is 8.46. The van der Waals surface area contributed by atoms with Crippen LogP contribution in [0.15, 0.2) is 23.4 Å². The molecular formula is C13H15N3O4S. The average Bonchev–Trinajstić information content (AvgIpc) is 3.08. The van der Waals surface area contributed by atoms with Crippen molar-refractivity contribution in [1.29, 1.82) is 0 Å². The van der Waals surface area contributed by atoms with Crippen LogP contribution in [0.4, 0.5) is 0 Å². The number of hydrogen-bond donors (Lipinski definition) is 1. The number of amides is 2. The van der Waals surface area contributed by atoms with E-state index in [0.717, 1.165) is 12.7 Å². The van der Waals surface area contributed by atoms with Crippen molar-refractivity contribution in [3.63, 3.8) is 0 Å². The molecule has 1 aliphatic carbocycles. The number of nitrogens with two attached hydrogens (primary N) is 1. The quantitative estimate of drug-likeness (QED) is 0.815. The van der Waals surface area contributed by atoms with Gasteiger partial charge in [0.15, 0.2) is 14.9 Å². The number of nitrogens with zero attached hydrogens (tertiary/aromatic N) is 2. The number of carbonyl (C=O) groups is 2. The molecule has 7 nitrogen and oxygen atoms in total. The molecule has 3 unspecified atom stereocenters. The van der Waals surface area contributed by atoms with Crippen LogP contribution in [0, 0.1) is 5.92 Å². The van der Waals surface area contributed by atoms with Crippen molar-refractivity contribution in [2.24, 2.45) is 11.7 Å². The number of piperidine rings is 1. The van der Waals surface area contributed by atoms with Crippen LogP contribution in [-0.4, -0.2) is 48.5 Å². The van der Waals surface area contributed by atoms with Gasteiger partial charge in [-0.1, -0.05) is 0 Å². The van der Waals surface area contributed by atoms with Gasteiger partial charge in [0.05, 0.1) is 0 Å². The van der Waals surface area contributed by atoms with Gasteiger partial charge in [-0.3, -0.25) is 9.59 Å². The molecule has 1 aromatic heterocycles. The van der Waals surface area contributed by atoms with E-state index in [1.807, 2.05) is 0 Å². The fourth-order valence-corrected chi connectivity index (χ4v) is 3.49. The highest BCUT2D eigenvalue weighted by molar-refractivity contribution is 7.90. The van der Waals surface area contributed by atoms with Crippen LogP contribution < -0.4 is 5.73 Å². The predicted octanol–water partition coefficient (Wildman–Crippen LogP) is -0.427. The van der Waals surface area contributed by atoms with Gasteiger partial charge in [-0.15, -0.1) is 0 Å². The van der Waals surface area contributed by atoms with Crippen LogP contribution in [0.1, 0.15) is 23.2 Å². The topological polar surface area (TPSA) is 110 Å². The first-order valence-electron chi connectivity index (χ1n) is 6.57. The highest BCUT2D eigenvalue weighted by Gasteiger charge is 2.55. The molecule has 0 bridgehead atoms. The standard InChI is InChI=1S/C13H15N3O4S/c1-21(19,20)11-6-7(2-3-15-11)13(18)16-9-4-8(9)5-10(16)12(14)17/h2-3,6,8-10H,4-5H2,1H3,(H2,14,17). The monoisotopic (exact) mass is 309 g/mol. The summed E-state index contributed by atoms with van der Waals surface area (Å²) in [4.78, 5) is 29.3. The van der Waals surface area contributed by atoms with Gasteiger partial charge < -0.3 is 10.6 Å². The minimum atomic E-state index is -3.49. The van der Waals surface area contributed by atoms with Crippen molar-refractivity contribution in [2.75, 3.05) is 6.26 Å². The highest BCUT2D eigenvalue weighted by Crippen LogP contribution is 2.48. The van der Waals surface area contributed by atoms with Gasteiger partial charge in [0.1, 0.15) is 6.04 Å². The zero-order valence-electron chi connectivity index (χ0n) is 11.4. The zero-order valence-corrected chi connectivity index (χ0v) is 12.2. The normalized spacial score (nSPS) is 27.3. The number of primary amides is 1. The van der Waals surface area contributed by atoms with Gasteiger partial charge >= 0.3 is 0 Å². The Hall–Kier alpha value is -1.96. The summed E-state index contributed by atoms with van der Waals surface area (Å²) in [6.45, 7) is 0. The van der Waals surface area contributed by atoms with Crippen LogP contribution in [0.2, 0.25) is 0 Å². The Balaban J connectivity index is 1.93. The molecule has 112 valence electrons. The summed E-state index contributed by atoms with van der Waals surface area (Å²) in [6.07, 6.45) is 3.78. The van der Waals surface area contributed by atoms with Crippen LogP contribution in [-0.2, 0) is 14.6 Å². The Morgan fingerprint density at radius 1 is 1.38 bits per heavy atom. The number of rotatable bonds is 3. The molecule has 8 heteroatoms. The summed E-state index contributed by atoms with van der Waals surface area (Å²) in [5.74, 6) is -0.549. The summed E-state index contributed by atoms with van der Waals surface area (Å²) in [7, 11) is -3.49. The molecule has 3 atom stereocenters. The maximum Gasteiger partial charge on any atom is 0.254 e. The first-order chi connectivity index (χ1) is 9.79. The lowest BCUT2D eigenvalue weighted by Gasteiger charge is -2.25. The SMILES string of the molecule is CS(=O)(=O)c1cc(C(=O)N2C(C(N)=O)CC3CC32)ccn1. The Morgan fingerprint density at radius 2 is 2.10 bits per heavy atom. The second kappa shape index (κ2) is 4.52. The lowest BCUT2D eigenvalue weighted by Crippen LogP contribution is -2.46. The number of hydrogen-bond acceptors (Lipinski definition) is 5. The maximum absolute atomic E-state index is 12.6. The van der Waals surface area contributed by atoms with E-state index >= 15 is 0 Å². The molecule has 3 rings (SSSR count). The van der Waals surface area contributed by atoms with E-state index in [-0.39, 0.29) is 22.5 Å². The molecule has 2 aliphatic rings. The van der Waals surface area contributed by atoms with E-state index < -0.39 is 21.8 Å². The first kappa shape index (κ1) is 14.0. The summed E-state index contributed by atoms with van der Waals surface area (Å²) in [5.41, 5.74) is 5.56. The zero-order chi connectivity index (χ0) is 15.4. The molecule has 21 heavy (non-hydrogen) atoms. The third-order valence-electron chi connectivity index (χ3n) is 4.03. The largest absolute Gasteiger partial charge is 0.368 e. The molecular weight excluding hydrogens is 294 g/mol. The van der Waals surface area contributed by atoms with Crippen molar-refractivity contribution < 1.29 is 18.0 Å². The van der Waals surface area contributed by atoms with Crippen molar-refractivity contribution in [1.82, 2.24) is 9.88 Å². The Bertz CT molecular complexity index is 731. The fraction of sp³-hybridized carbons (Fsp3) is 0.462. The highest BCUT2D eigenvalue weighted by atomic mass is 32.2. The molecule has 0 spiro atoms. The molecule has 1 saturated heterocycles. The summed E-state index contributed by atoms with van der Waals surface area (Å²) >= 11 is 0. The lowest BCUT2D eigenvalue weighted by atomic mass is 10.1. The van der Waals surface area contributed by atoms with Gasteiger partial charge in [0.2, 0.25) is 5.91 Å². The minimum absolute atomic E-state index is 0.0462. The third kappa shape index (κ3) is 2.39. The molecule has 1 aromatic rings. The van der Waals surface area contributed by atoms with Crippen molar-refractivity contribution in [2.45, 2.75) is 30.0 Å². The number of likely N-dealkylation sites (tertiary alicyclic amines) is 1. The molecule has 0 aromatic carbocycles. The molecule has 1 saturated carbocycles. The van der Waals surface area contributed by atoms with Gasteiger partial charge in [-0.05, 0) is 30.9 Å². The second-order valence-electron chi connectivity index (χ2n) is 5.58. The van der Waals surface area contributed by atoms with E-state index in [1.54, 1.807) is 0 Å². The van der Waals surface area contributed by atoms with Gasteiger partial charge in [0.25, 0.3) is 5.91 Å². The van der Waals surface area contributed by atoms with Gasteiger partial charge in [-0.2, -0.15) is 0 Å². The van der Waals surface area contributed by atoms with Crippen LogP contribution in [0.5, 0.6) is 0 Å². The Labute approximate surface area is 122 Å². The van der Waals surface area contributed by atoms with Gasteiger partial charge in [0, 0.05) is 24.1 Å². The van der Waals surface area contributed by atoms with Gasteiger partial charge in [-0.25, -0.2) is 13.4 Å². The molecule has 2 amide bonds. The molecule has 2 N–H and O–H groups in total.